The molecule has 1 aliphatic rings. The molecule has 2 rings (SSSR count). The van der Waals surface area contributed by atoms with Crippen molar-refractivity contribution in [3.8, 4) is 5.75 Å². The Bertz CT molecular complexity index is 401. The molecule has 0 atom stereocenters. The molecule has 4 nitrogen and oxygen atoms in total. The van der Waals surface area contributed by atoms with Crippen LogP contribution in [0, 0.1) is 5.92 Å². The summed E-state index contributed by atoms with van der Waals surface area (Å²) < 4.78 is 5.29. The largest absolute Gasteiger partial charge is 0.496 e. The zero-order valence-corrected chi connectivity index (χ0v) is 11.6. The van der Waals surface area contributed by atoms with Crippen molar-refractivity contribution in [1.29, 1.82) is 0 Å². The van der Waals surface area contributed by atoms with E-state index >= 15 is 0 Å². The zero-order chi connectivity index (χ0) is 13.7. The summed E-state index contributed by atoms with van der Waals surface area (Å²) >= 11 is 0. The summed E-state index contributed by atoms with van der Waals surface area (Å²) in [5, 5.41) is 9.15. The molecule has 0 amide bonds. The van der Waals surface area contributed by atoms with E-state index < -0.39 is 0 Å². The van der Waals surface area contributed by atoms with E-state index in [1.54, 1.807) is 7.11 Å². The van der Waals surface area contributed by atoms with Gasteiger partial charge in [0.05, 0.1) is 7.11 Å². The molecule has 106 valence electrons. The Morgan fingerprint density at radius 1 is 1.37 bits per heavy atom. The summed E-state index contributed by atoms with van der Waals surface area (Å²) in [6.07, 6.45) is 2.19. The maximum atomic E-state index is 9.15. The zero-order valence-electron chi connectivity index (χ0n) is 11.6. The van der Waals surface area contributed by atoms with Gasteiger partial charge in [-0.15, -0.1) is 0 Å². The second kappa shape index (κ2) is 6.89. The van der Waals surface area contributed by atoms with Crippen molar-refractivity contribution in [3.63, 3.8) is 0 Å². The highest BCUT2D eigenvalue weighted by Gasteiger charge is 2.18. The fraction of sp³-hybridized carbons (Fsp3) is 0.600. The quantitative estimate of drug-likeness (QED) is 0.843. The third kappa shape index (κ3) is 3.69. The van der Waals surface area contributed by atoms with Crippen LogP contribution < -0.4 is 10.5 Å². The lowest BCUT2D eigenvalue weighted by Gasteiger charge is -2.31. The molecule has 0 bridgehead atoms. The smallest absolute Gasteiger partial charge is 0.123 e. The van der Waals surface area contributed by atoms with Crippen LogP contribution in [0.3, 0.4) is 0 Å². The predicted octanol–water partition coefficient (Wildman–Crippen LogP) is 1.36. The number of piperidine rings is 1. The van der Waals surface area contributed by atoms with Crippen LogP contribution in [0.25, 0.3) is 0 Å². The Morgan fingerprint density at radius 3 is 2.68 bits per heavy atom. The van der Waals surface area contributed by atoms with Gasteiger partial charge in [0.2, 0.25) is 0 Å². The van der Waals surface area contributed by atoms with Gasteiger partial charge in [0.25, 0.3) is 0 Å². The summed E-state index contributed by atoms with van der Waals surface area (Å²) in [5.74, 6) is 1.36. The summed E-state index contributed by atoms with van der Waals surface area (Å²) in [6.45, 7) is 3.91. The topological polar surface area (TPSA) is 58.7 Å². The molecule has 19 heavy (non-hydrogen) atoms. The summed E-state index contributed by atoms with van der Waals surface area (Å²) in [4.78, 5) is 2.44. The van der Waals surface area contributed by atoms with Gasteiger partial charge in [-0.05, 0) is 49.5 Å². The van der Waals surface area contributed by atoms with Crippen molar-refractivity contribution in [1.82, 2.24) is 4.90 Å². The monoisotopic (exact) mass is 264 g/mol. The number of methoxy groups -OCH3 is 1. The maximum Gasteiger partial charge on any atom is 0.123 e. The highest BCUT2D eigenvalue weighted by Crippen LogP contribution is 2.22. The Hall–Kier alpha value is -1.10. The van der Waals surface area contributed by atoms with E-state index in [4.69, 9.17) is 15.6 Å². The predicted molar refractivity (Wildman–Crippen MR) is 76.0 cm³/mol. The standard InChI is InChI=1S/C15H24N2O2/c1-19-15-3-2-13(8-14(15)9-16)10-17-6-4-12(11-18)5-7-17/h2-3,8,12,18H,4-7,9-11,16H2,1H3. The molecule has 0 radical (unpaired) electrons. The fourth-order valence-electron chi connectivity index (χ4n) is 2.68. The van der Waals surface area contributed by atoms with Crippen LogP contribution in [0.4, 0.5) is 0 Å². The van der Waals surface area contributed by atoms with Crippen molar-refractivity contribution < 1.29 is 9.84 Å². The van der Waals surface area contributed by atoms with E-state index in [0.717, 1.165) is 43.8 Å². The minimum Gasteiger partial charge on any atom is -0.496 e. The molecule has 3 N–H and O–H groups in total. The van der Waals surface area contributed by atoms with Gasteiger partial charge in [-0.25, -0.2) is 0 Å². The summed E-state index contributed by atoms with van der Waals surface area (Å²) in [5.41, 5.74) is 8.08. The third-order valence-electron chi connectivity index (χ3n) is 3.94. The Balaban J connectivity index is 1.96. The molecule has 1 saturated heterocycles. The van der Waals surface area contributed by atoms with E-state index in [0.29, 0.717) is 19.1 Å². The molecule has 0 saturated carbocycles. The lowest BCUT2D eigenvalue weighted by molar-refractivity contribution is 0.127. The molecule has 1 fully saturated rings. The highest BCUT2D eigenvalue weighted by atomic mass is 16.5. The van der Waals surface area contributed by atoms with Crippen LogP contribution in [0.15, 0.2) is 18.2 Å². The lowest BCUT2D eigenvalue weighted by atomic mass is 9.97. The second-order valence-corrected chi connectivity index (χ2v) is 5.25. The molecule has 1 aromatic rings. The van der Waals surface area contributed by atoms with Crippen molar-refractivity contribution in [2.24, 2.45) is 11.7 Å². The molecular weight excluding hydrogens is 240 g/mol. The van der Waals surface area contributed by atoms with Gasteiger partial charge in [-0.3, -0.25) is 4.90 Å². The van der Waals surface area contributed by atoms with Crippen molar-refractivity contribution in [3.05, 3.63) is 29.3 Å². The van der Waals surface area contributed by atoms with Gasteiger partial charge < -0.3 is 15.6 Å². The highest BCUT2D eigenvalue weighted by molar-refractivity contribution is 5.37. The number of benzene rings is 1. The van der Waals surface area contributed by atoms with Gasteiger partial charge in [0, 0.05) is 25.3 Å². The first-order chi connectivity index (χ1) is 9.26. The van der Waals surface area contributed by atoms with E-state index in [1.807, 2.05) is 6.07 Å². The molecule has 4 heteroatoms. The molecular formula is C15H24N2O2. The van der Waals surface area contributed by atoms with Crippen molar-refractivity contribution in [2.45, 2.75) is 25.9 Å². The summed E-state index contributed by atoms with van der Waals surface area (Å²) in [7, 11) is 1.67. The van der Waals surface area contributed by atoms with Gasteiger partial charge in [0.15, 0.2) is 0 Å². The van der Waals surface area contributed by atoms with Crippen LogP contribution in [0.2, 0.25) is 0 Å². The summed E-state index contributed by atoms with van der Waals surface area (Å²) in [6, 6.07) is 6.24. The van der Waals surface area contributed by atoms with E-state index in [2.05, 4.69) is 17.0 Å². The Kier molecular flexibility index (Phi) is 5.19. The lowest BCUT2D eigenvalue weighted by Crippen LogP contribution is -2.34. The van der Waals surface area contributed by atoms with Gasteiger partial charge in [-0.2, -0.15) is 0 Å². The third-order valence-corrected chi connectivity index (χ3v) is 3.94. The van der Waals surface area contributed by atoms with Crippen LogP contribution >= 0.6 is 0 Å². The Labute approximate surface area is 115 Å². The van der Waals surface area contributed by atoms with E-state index in [1.165, 1.54) is 5.56 Å². The first-order valence-corrected chi connectivity index (χ1v) is 6.96. The maximum absolute atomic E-state index is 9.15. The number of ether oxygens (including phenoxy) is 1. The molecule has 1 aliphatic heterocycles. The average molecular weight is 264 g/mol. The number of nitrogens with zero attached hydrogens (tertiary/aromatic N) is 1. The van der Waals surface area contributed by atoms with Crippen LogP contribution in [0.1, 0.15) is 24.0 Å². The number of hydrogen-bond acceptors (Lipinski definition) is 4. The Morgan fingerprint density at radius 2 is 2.11 bits per heavy atom. The second-order valence-electron chi connectivity index (χ2n) is 5.25. The number of rotatable bonds is 5. The molecule has 0 unspecified atom stereocenters. The first kappa shape index (κ1) is 14.3. The normalized spacial score (nSPS) is 17.6. The SMILES string of the molecule is COc1ccc(CN2CCC(CO)CC2)cc1CN. The van der Waals surface area contributed by atoms with Crippen molar-refractivity contribution in [2.75, 3.05) is 26.8 Å². The molecule has 0 aliphatic carbocycles. The minimum absolute atomic E-state index is 0.327. The number of aliphatic hydroxyl groups excluding tert-OH is 1. The number of nitrogens with two attached hydrogens (primary N) is 1. The molecule has 0 spiro atoms. The number of aliphatic hydroxyl groups is 1. The van der Waals surface area contributed by atoms with E-state index in [9.17, 15) is 0 Å². The molecule has 1 heterocycles. The van der Waals surface area contributed by atoms with E-state index in [-0.39, 0.29) is 0 Å². The van der Waals surface area contributed by atoms with Gasteiger partial charge >= 0.3 is 0 Å². The average Bonchev–Trinajstić information content (AvgIpc) is 2.48. The van der Waals surface area contributed by atoms with Gasteiger partial charge in [0.1, 0.15) is 5.75 Å². The minimum atomic E-state index is 0.327. The molecule has 1 aromatic carbocycles. The number of likely N-dealkylation sites (tertiary alicyclic amines) is 1. The fourth-order valence-corrected chi connectivity index (χ4v) is 2.68. The van der Waals surface area contributed by atoms with Gasteiger partial charge in [-0.1, -0.05) is 6.07 Å². The molecule has 0 aromatic heterocycles. The number of hydrogen-bond donors (Lipinski definition) is 2. The first-order valence-electron chi connectivity index (χ1n) is 6.96. The van der Waals surface area contributed by atoms with Crippen molar-refractivity contribution >= 4 is 0 Å². The van der Waals surface area contributed by atoms with Crippen LogP contribution in [0.5, 0.6) is 5.75 Å². The van der Waals surface area contributed by atoms with Crippen LogP contribution in [-0.2, 0) is 13.1 Å². The van der Waals surface area contributed by atoms with Crippen LogP contribution in [-0.4, -0.2) is 36.8 Å².